The van der Waals surface area contributed by atoms with Gasteiger partial charge in [-0.3, -0.25) is 4.90 Å². The summed E-state index contributed by atoms with van der Waals surface area (Å²) >= 11 is 0. The molecule has 3 aliphatic rings. The van der Waals surface area contributed by atoms with Gasteiger partial charge in [0.2, 0.25) is 0 Å². The summed E-state index contributed by atoms with van der Waals surface area (Å²) in [5.74, 6) is 0. The highest BCUT2D eigenvalue weighted by molar-refractivity contribution is 5.54. The van der Waals surface area contributed by atoms with Gasteiger partial charge in [0.05, 0.1) is 0 Å². The Morgan fingerprint density at radius 3 is 3.10 bits per heavy atom. The van der Waals surface area contributed by atoms with Crippen LogP contribution in [0, 0.1) is 0 Å². The molecule has 20 heavy (non-hydrogen) atoms. The van der Waals surface area contributed by atoms with Gasteiger partial charge in [0.25, 0.3) is 0 Å². The molecule has 0 radical (unpaired) electrons. The zero-order valence-electron chi connectivity index (χ0n) is 12.2. The Bertz CT molecular complexity index is 481. The van der Waals surface area contributed by atoms with Crippen LogP contribution in [0.4, 0.5) is 5.69 Å². The molecule has 1 atom stereocenters. The predicted molar refractivity (Wildman–Crippen MR) is 83.1 cm³/mol. The van der Waals surface area contributed by atoms with Gasteiger partial charge in [-0.15, -0.1) is 0 Å². The van der Waals surface area contributed by atoms with Crippen molar-refractivity contribution < 1.29 is 0 Å². The molecule has 2 aliphatic heterocycles. The first kappa shape index (κ1) is 12.7. The van der Waals surface area contributed by atoms with E-state index in [0.29, 0.717) is 6.04 Å². The van der Waals surface area contributed by atoms with E-state index in [1.165, 1.54) is 62.0 Å². The van der Waals surface area contributed by atoms with Crippen LogP contribution in [0.2, 0.25) is 0 Å². The fourth-order valence-electron chi connectivity index (χ4n) is 3.63. The van der Waals surface area contributed by atoms with Crippen LogP contribution in [0.5, 0.6) is 0 Å². The quantitative estimate of drug-likeness (QED) is 0.880. The van der Waals surface area contributed by atoms with Crippen molar-refractivity contribution >= 4 is 5.69 Å². The molecule has 1 aliphatic carbocycles. The Kier molecular flexibility index (Phi) is 3.41. The lowest BCUT2D eigenvalue weighted by molar-refractivity contribution is 0.317. The van der Waals surface area contributed by atoms with Crippen LogP contribution >= 0.6 is 0 Å². The summed E-state index contributed by atoms with van der Waals surface area (Å²) in [6, 6.07) is 8.55. The van der Waals surface area contributed by atoms with E-state index < -0.39 is 0 Å². The number of fused-ring (bicyclic) bond motifs is 1. The van der Waals surface area contributed by atoms with Gasteiger partial charge < -0.3 is 10.6 Å². The van der Waals surface area contributed by atoms with Gasteiger partial charge in [-0.2, -0.15) is 0 Å². The molecule has 0 amide bonds. The first-order valence-electron chi connectivity index (χ1n) is 8.21. The van der Waals surface area contributed by atoms with E-state index in [2.05, 4.69) is 33.7 Å². The van der Waals surface area contributed by atoms with Crippen molar-refractivity contribution in [3.05, 3.63) is 29.3 Å². The summed E-state index contributed by atoms with van der Waals surface area (Å²) in [4.78, 5) is 2.68. The van der Waals surface area contributed by atoms with E-state index in [1.807, 2.05) is 0 Å². The van der Waals surface area contributed by atoms with E-state index in [9.17, 15) is 0 Å². The standard InChI is InChI=1S/C17H25N3/c1-2-14-10-13(3-6-17(14)18-8-1)11-19-15-7-9-20(12-15)16-4-5-16/h3,6,10,15-16,18-19H,1-2,4-5,7-9,11-12H2. The van der Waals surface area contributed by atoms with Crippen molar-refractivity contribution in [1.29, 1.82) is 0 Å². The fraction of sp³-hybridized carbons (Fsp3) is 0.647. The van der Waals surface area contributed by atoms with Crippen LogP contribution in [-0.4, -0.2) is 36.6 Å². The topological polar surface area (TPSA) is 27.3 Å². The molecule has 2 N–H and O–H groups in total. The fourth-order valence-corrected chi connectivity index (χ4v) is 3.63. The average Bonchev–Trinajstić information content (AvgIpc) is 3.24. The largest absolute Gasteiger partial charge is 0.385 e. The highest BCUT2D eigenvalue weighted by Gasteiger charge is 2.33. The van der Waals surface area contributed by atoms with E-state index in [1.54, 1.807) is 0 Å². The van der Waals surface area contributed by atoms with Gasteiger partial charge in [-0.05, 0) is 49.3 Å². The minimum Gasteiger partial charge on any atom is -0.385 e. The molecule has 0 bridgehead atoms. The van der Waals surface area contributed by atoms with Gasteiger partial charge >= 0.3 is 0 Å². The highest BCUT2D eigenvalue weighted by Crippen LogP contribution is 2.30. The molecule has 3 heteroatoms. The average molecular weight is 271 g/mol. The molecule has 0 spiro atoms. The number of nitrogens with zero attached hydrogens (tertiary/aromatic N) is 1. The normalized spacial score (nSPS) is 26.3. The summed E-state index contributed by atoms with van der Waals surface area (Å²) in [6.07, 6.45) is 6.69. The molecule has 1 saturated heterocycles. The zero-order valence-corrected chi connectivity index (χ0v) is 12.2. The van der Waals surface area contributed by atoms with E-state index >= 15 is 0 Å². The van der Waals surface area contributed by atoms with Crippen molar-refractivity contribution in [2.45, 2.75) is 50.7 Å². The van der Waals surface area contributed by atoms with Gasteiger partial charge in [0, 0.05) is 44.0 Å². The summed E-state index contributed by atoms with van der Waals surface area (Å²) in [5.41, 5.74) is 4.29. The molecule has 0 aromatic heterocycles. The lowest BCUT2D eigenvalue weighted by atomic mass is 10.0. The number of anilines is 1. The molecule has 3 nitrogen and oxygen atoms in total. The van der Waals surface area contributed by atoms with Crippen molar-refractivity contribution in [2.24, 2.45) is 0 Å². The maximum absolute atomic E-state index is 3.76. The lowest BCUT2D eigenvalue weighted by Crippen LogP contribution is -2.32. The van der Waals surface area contributed by atoms with Gasteiger partial charge in [-0.25, -0.2) is 0 Å². The van der Waals surface area contributed by atoms with Gasteiger partial charge in [0.1, 0.15) is 0 Å². The second-order valence-corrected chi connectivity index (χ2v) is 6.61. The molecule has 1 aromatic carbocycles. The predicted octanol–water partition coefficient (Wildman–Crippen LogP) is 2.37. The summed E-state index contributed by atoms with van der Waals surface area (Å²) in [5, 5.41) is 7.24. The number of rotatable bonds is 4. The van der Waals surface area contributed by atoms with E-state index in [-0.39, 0.29) is 0 Å². The SMILES string of the molecule is c1cc2c(cc1CNC1CCN(C3CC3)C1)CCCN2. The Morgan fingerprint density at radius 1 is 1.25 bits per heavy atom. The molecular weight excluding hydrogens is 246 g/mol. The smallest absolute Gasteiger partial charge is 0.0372 e. The molecule has 4 rings (SSSR count). The van der Waals surface area contributed by atoms with Crippen LogP contribution in [0.25, 0.3) is 0 Å². The zero-order chi connectivity index (χ0) is 13.4. The molecular formula is C17H25N3. The summed E-state index contributed by atoms with van der Waals surface area (Å²) in [7, 11) is 0. The number of hydrogen-bond donors (Lipinski definition) is 2. The third-order valence-electron chi connectivity index (χ3n) is 4.99. The molecule has 1 unspecified atom stereocenters. The Labute approximate surface area is 121 Å². The van der Waals surface area contributed by atoms with Crippen LogP contribution in [-0.2, 0) is 13.0 Å². The lowest BCUT2D eigenvalue weighted by Gasteiger charge is -2.20. The van der Waals surface area contributed by atoms with E-state index in [4.69, 9.17) is 0 Å². The van der Waals surface area contributed by atoms with Crippen LogP contribution in [0.3, 0.4) is 0 Å². The first-order chi connectivity index (χ1) is 9.88. The van der Waals surface area contributed by atoms with Crippen molar-refractivity contribution in [3.8, 4) is 0 Å². The third kappa shape index (κ3) is 2.70. The Morgan fingerprint density at radius 2 is 2.20 bits per heavy atom. The van der Waals surface area contributed by atoms with Crippen LogP contribution in [0.1, 0.15) is 36.8 Å². The maximum Gasteiger partial charge on any atom is 0.0372 e. The number of hydrogen-bond acceptors (Lipinski definition) is 3. The summed E-state index contributed by atoms with van der Waals surface area (Å²) < 4.78 is 0. The number of likely N-dealkylation sites (tertiary alicyclic amines) is 1. The van der Waals surface area contributed by atoms with Crippen LogP contribution in [0.15, 0.2) is 18.2 Å². The molecule has 108 valence electrons. The number of aryl methyl sites for hydroxylation is 1. The van der Waals surface area contributed by atoms with Crippen LogP contribution < -0.4 is 10.6 Å². The molecule has 1 saturated carbocycles. The van der Waals surface area contributed by atoms with E-state index in [0.717, 1.165) is 19.1 Å². The third-order valence-corrected chi connectivity index (χ3v) is 4.99. The second kappa shape index (κ2) is 5.38. The highest BCUT2D eigenvalue weighted by atomic mass is 15.2. The molecule has 2 heterocycles. The van der Waals surface area contributed by atoms with Gasteiger partial charge in [0.15, 0.2) is 0 Å². The second-order valence-electron chi connectivity index (χ2n) is 6.61. The minimum absolute atomic E-state index is 0.699. The van der Waals surface area contributed by atoms with Gasteiger partial charge in [-0.1, -0.05) is 12.1 Å². The minimum atomic E-state index is 0.699. The van der Waals surface area contributed by atoms with Crippen molar-refractivity contribution in [1.82, 2.24) is 10.2 Å². The van der Waals surface area contributed by atoms with Crippen molar-refractivity contribution in [2.75, 3.05) is 25.0 Å². The number of nitrogens with one attached hydrogen (secondary N) is 2. The van der Waals surface area contributed by atoms with Crippen molar-refractivity contribution in [3.63, 3.8) is 0 Å². The Balaban J connectivity index is 1.33. The molecule has 2 fully saturated rings. The maximum atomic E-state index is 3.76. The monoisotopic (exact) mass is 271 g/mol. The first-order valence-corrected chi connectivity index (χ1v) is 8.21. The molecule has 1 aromatic rings. The number of benzene rings is 1. The Hall–Kier alpha value is -1.06. The summed E-state index contributed by atoms with van der Waals surface area (Å²) in [6.45, 7) is 4.72.